The molecular weight excluding hydrogens is 208 g/mol. The smallest absolute Gasteiger partial charge is 0.163 e. The van der Waals surface area contributed by atoms with E-state index in [1.807, 2.05) is 30.3 Å². The van der Waals surface area contributed by atoms with E-state index in [0.717, 1.165) is 12.0 Å². The second-order valence-electron chi connectivity index (χ2n) is 4.14. The van der Waals surface area contributed by atoms with Gasteiger partial charge in [0.2, 0.25) is 0 Å². The van der Waals surface area contributed by atoms with Gasteiger partial charge < -0.3 is 0 Å². The Hall–Kier alpha value is -0.820. The number of halogens is 1. The second-order valence-corrected chi connectivity index (χ2v) is 4.14. The van der Waals surface area contributed by atoms with Crippen LogP contribution in [0.1, 0.15) is 42.5 Å². The lowest BCUT2D eigenvalue weighted by Gasteiger charge is -2.06. The molecule has 1 nitrogen and oxygen atoms in total. The summed E-state index contributed by atoms with van der Waals surface area (Å²) in [7, 11) is 0. The zero-order chi connectivity index (χ0) is 9.80. The molecule has 0 radical (unpaired) electrons. The molecule has 0 unspecified atom stereocenters. The van der Waals surface area contributed by atoms with Gasteiger partial charge in [0.1, 0.15) is 0 Å². The van der Waals surface area contributed by atoms with Crippen LogP contribution in [0.4, 0.5) is 0 Å². The van der Waals surface area contributed by atoms with Crippen LogP contribution < -0.4 is 0 Å². The summed E-state index contributed by atoms with van der Waals surface area (Å²) in [5.41, 5.74) is 0.874. The van der Waals surface area contributed by atoms with Crippen LogP contribution in [0.3, 0.4) is 0 Å². The zero-order valence-electron chi connectivity index (χ0n) is 8.82. The van der Waals surface area contributed by atoms with Crippen LogP contribution in [0, 0.1) is 5.92 Å². The molecule has 0 saturated heterocycles. The number of ketones is 1. The molecule has 1 fully saturated rings. The number of rotatable bonds is 3. The molecule has 2 rings (SSSR count). The largest absolute Gasteiger partial charge is 0.294 e. The number of hydrogen-bond acceptors (Lipinski definition) is 1. The Bertz CT molecular complexity index is 302. The molecule has 82 valence electrons. The highest BCUT2D eigenvalue weighted by molar-refractivity contribution is 5.96. The second kappa shape index (κ2) is 5.92. The van der Waals surface area contributed by atoms with Gasteiger partial charge in [-0.15, -0.1) is 12.4 Å². The third-order valence-electron chi connectivity index (χ3n) is 3.04. The van der Waals surface area contributed by atoms with E-state index in [-0.39, 0.29) is 12.4 Å². The summed E-state index contributed by atoms with van der Waals surface area (Å²) < 4.78 is 0. The molecule has 0 atom stereocenters. The molecule has 0 spiro atoms. The van der Waals surface area contributed by atoms with Crippen molar-refractivity contribution >= 4 is 18.2 Å². The zero-order valence-corrected chi connectivity index (χ0v) is 9.63. The molecule has 0 heterocycles. The Morgan fingerprint density at radius 1 is 1.13 bits per heavy atom. The Morgan fingerprint density at radius 2 is 1.73 bits per heavy atom. The highest BCUT2D eigenvalue weighted by atomic mass is 35.5. The first-order valence-electron chi connectivity index (χ1n) is 5.44. The van der Waals surface area contributed by atoms with Crippen molar-refractivity contribution in [3.05, 3.63) is 35.9 Å². The van der Waals surface area contributed by atoms with Crippen LogP contribution >= 0.6 is 12.4 Å². The molecule has 0 aromatic heterocycles. The van der Waals surface area contributed by atoms with Gasteiger partial charge in [0.15, 0.2) is 5.78 Å². The Labute approximate surface area is 97.3 Å². The lowest BCUT2D eigenvalue weighted by molar-refractivity contribution is 0.0962. The molecule has 0 aliphatic heterocycles. The van der Waals surface area contributed by atoms with E-state index < -0.39 is 0 Å². The minimum atomic E-state index is 0. The van der Waals surface area contributed by atoms with Gasteiger partial charge in [-0.1, -0.05) is 56.0 Å². The van der Waals surface area contributed by atoms with E-state index in [4.69, 9.17) is 0 Å². The van der Waals surface area contributed by atoms with Gasteiger partial charge >= 0.3 is 0 Å². The first-order chi connectivity index (χ1) is 6.86. The van der Waals surface area contributed by atoms with Gasteiger partial charge in [-0.05, 0) is 5.92 Å². The normalized spacial score (nSPS) is 16.0. The van der Waals surface area contributed by atoms with E-state index in [0.29, 0.717) is 11.7 Å². The van der Waals surface area contributed by atoms with E-state index in [9.17, 15) is 4.79 Å². The van der Waals surface area contributed by atoms with Gasteiger partial charge in [-0.2, -0.15) is 0 Å². The predicted octanol–water partition coefficient (Wildman–Crippen LogP) is 3.87. The summed E-state index contributed by atoms with van der Waals surface area (Å²) >= 11 is 0. The van der Waals surface area contributed by atoms with Gasteiger partial charge in [-0.3, -0.25) is 4.79 Å². The predicted molar refractivity (Wildman–Crippen MR) is 64.6 cm³/mol. The maximum absolute atomic E-state index is 11.8. The van der Waals surface area contributed by atoms with Crippen LogP contribution in [0.2, 0.25) is 0 Å². The monoisotopic (exact) mass is 224 g/mol. The maximum Gasteiger partial charge on any atom is 0.163 e. The van der Waals surface area contributed by atoms with Crippen molar-refractivity contribution in [2.24, 2.45) is 5.92 Å². The summed E-state index contributed by atoms with van der Waals surface area (Å²) in [5.74, 6) is 0.972. The van der Waals surface area contributed by atoms with Gasteiger partial charge in [0.25, 0.3) is 0 Å². The van der Waals surface area contributed by atoms with Crippen LogP contribution in [0.15, 0.2) is 30.3 Å². The molecule has 1 saturated carbocycles. The van der Waals surface area contributed by atoms with E-state index in [1.54, 1.807) is 0 Å². The molecule has 2 heteroatoms. The first-order valence-corrected chi connectivity index (χ1v) is 5.44. The van der Waals surface area contributed by atoms with Crippen molar-refractivity contribution in [1.82, 2.24) is 0 Å². The fourth-order valence-corrected chi connectivity index (χ4v) is 2.22. The molecule has 0 amide bonds. The average Bonchev–Trinajstić information content (AvgIpc) is 2.72. The molecular formula is C13H17ClO. The first kappa shape index (κ1) is 12.3. The number of carbonyl (C=O) groups is 1. The molecule has 0 N–H and O–H groups in total. The summed E-state index contributed by atoms with van der Waals surface area (Å²) in [4.78, 5) is 11.8. The van der Waals surface area contributed by atoms with Crippen molar-refractivity contribution in [3.63, 3.8) is 0 Å². The van der Waals surface area contributed by atoms with Crippen molar-refractivity contribution in [3.8, 4) is 0 Å². The molecule has 1 aliphatic carbocycles. The summed E-state index contributed by atoms with van der Waals surface area (Å²) in [6.07, 6.45) is 5.88. The van der Waals surface area contributed by atoms with Gasteiger partial charge in [0, 0.05) is 12.0 Å². The summed E-state index contributed by atoms with van der Waals surface area (Å²) in [6.45, 7) is 0. The Kier molecular flexibility index (Phi) is 4.83. The van der Waals surface area contributed by atoms with Gasteiger partial charge in [-0.25, -0.2) is 0 Å². The summed E-state index contributed by atoms with van der Waals surface area (Å²) in [6, 6.07) is 9.64. The van der Waals surface area contributed by atoms with Crippen molar-refractivity contribution in [2.75, 3.05) is 0 Å². The van der Waals surface area contributed by atoms with Crippen LogP contribution in [-0.4, -0.2) is 5.78 Å². The van der Waals surface area contributed by atoms with Crippen molar-refractivity contribution in [2.45, 2.75) is 32.1 Å². The molecule has 1 aromatic carbocycles. The minimum Gasteiger partial charge on any atom is -0.294 e. The number of hydrogen-bond donors (Lipinski definition) is 0. The Morgan fingerprint density at radius 3 is 2.33 bits per heavy atom. The fourth-order valence-electron chi connectivity index (χ4n) is 2.22. The lowest BCUT2D eigenvalue weighted by Crippen LogP contribution is -2.05. The molecule has 1 aromatic rings. The average molecular weight is 225 g/mol. The highest BCUT2D eigenvalue weighted by Gasteiger charge is 2.18. The highest BCUT2D eigenvalue weighted by Crippen LogP contribution is 2.28. The number of Topliss-reactive ketones (excluding diaryl/α,β-unsaturated/α-hetero) is 1. The third kappa shape index (κ3) is 3.35. The third-order valence-corrected chi connectivity index (χ3v) is 3.04. The fraction of sp³-hybridized carbons (Fsp3) is 0.462. The van der Waals surface area contributed by atoms with Crippen LogP contribution in [0.5, 0.6) is 0 Å². The SMILES string of the molecule is Cl.O=C(CC1CCCC1)c1ccccc1. The minimum absolute atomic E-state index is 0. The van der Waals surface area contributed by atoms with E-state index in [2.05, 4.69) is 0 Å². The molecule has 15 heavy (non-hydrogen) atoms. The lowest BCUT2D eigenvalue weighted by atomic mass is 9.97. The van der Waals surface area contributed by atoms with Gasteiger partial charge in [0.05, 0.1) is 0 Å². The molecule has 1 aliphatic rings. The number of benzene rings is 1. The Balaban J connectivity index is 0.00000112. The van der Waals surface area contributed by atoms with Crippen LogP contribution in [0.25, 0.3) is 0 Å². The van der Waals surface area contributed by atoms with E-state index >= 15 is 0 Å². The standard InChI is InChI=1S/C13H16O.ClH/c14-13(10-11-6-4-5-7-11)12-8-2-1-3-9-12;/h1-3,8-9,11H,4-7,10H2;1H. The summed E-state index contributed by atoms with van der Waals surface area (Å²) in [5, 5.41) is 0. The van der Waals surface area contributed by atoms with Crippen LogP contribution in [-0.2, 0) is 0 Å². The van der Waals surface area contributed by atoms with Crippen molar-refractivity contribution < 1.29 is 4.79 Å². The van der Waals surface area contributed by atoms with Crippen molar-refractivity contribution in [1.29, 1.82) is 0 Å². The molecule has 0 bridgehead atoms. The van der Waals surface area contributed by atoms with E-state index in [1.165, 1.54) is 25.7 Å². The topological polar surface area (TPSA) is 17.1 Å². The number of carbonyl (C=O) groups excluding carboxylic acids is 1. The maximum atomic E-state index is 11.8. The quantitative estimate of drug-likeness (QED) is 0.713.